The van der Waals surface area contributed by atoms with Gasteiger partial charge in [-0.25, -0.2) is 0 Å². The standard InChI is InChI=1S/C11H25NO/c1-9(2)5-6-10(3)12-8-7-11(4)13/h9-13H,5-8H2,1-4H3/t10-,11-/m1/s1. The summed E-state index contributed by atoms with van der Waals surface area (Å²) in [5.41, 5.74) is 0. The van der Waals surface area contributed by atoms with E-state index in [1.54, 1.807) is 0 Å². The first-order chi connectivity index (χ1) is 6.02. The number of aliphatic hydroxyl groups excluding tert-OH is 1. The molecule has 2 nitrogen and oxygen atoms in total. The molecule has 80 valence electrons. The summed E-state index contributed by atoms with van der Waals surface area (Å²) in [5.74, 6) is 0.793. The van der Waals surface area contributed by atoms with Gasteiger partial charge in [-0.05, 0) is 45.6 Å². The highest BCUT2D eigenvalue weighted by Gasteiger charge is 2.03. The van der Waals surface area contributed by atoms with E-state index in [9.17, 15) is 0 Å². The molecule has 0 fully saturated rings. The Morgan fingerprint density at radius 2 is 1.62 bits per heavy atom. The van der Waals surface area contributed by atoms with Crippen molar-refractivity contribution in [1.82, 2.24) is 5.32 Å². The Hall–Kier alpha value is -0.0800. The molecule has 0 aromatic rings. The van der Waals surface area contributed by atoms with E-state index in [1.807, 2.05) is 6.92 Å². The molecule has 0 saturated carbocycles. The Bertz CT molecular complexity index is 113. The van der Waals surface area contributed by atoms with Crippen LogP contribution in [-0.4, -0.2) is 23.8 Å². The van der Waals surface area contributed by atoms with Gasteiger partial charge in [-0.15, -0.1) is 0 Å². The maximum absolute atomic E-state index is 9.04. The van der Waals surface area contributed by atoms with Crippen LogP contribution in [0.1, 0.15) is 47.0 Å². The van der Waals surface area contributed by atoms with E-state index in [1.165, 1.54) is 12.8 Å². The van der Waals surface area contributed by atoms with Gasteiger partial charge in [0.1, 0.15) is 0 Å². The van der Waals surface area contributed by atoms with Crippen LogP contribution in [0.3, 0.4) is 0 Å². The number of hydrogen-bond donors (Lipinski definition) is 2. The average molecular weight is 187 g/mol. The lowest BCUT2D eigenvalue weighted by atomic mass is 10.0. The first kappa shape index (κ1) is 12.9. The Morgan fingerprint density at radius 1 is 1.00 bits per heavy atom. The Labute approximate surface area is 82.7 Å². The largest absolute Gasteiger partial charge is 0.393 e. The minimum Gasteiger partial charge on any atom is -0.393 e. The Morgan fingerprint density at radius 3 is 2.08 bits per heavy atom. The van der Waals surface area contributed by atoms with E-state index in [0.717, 1.165) is 18.9 Å². The van der Waals surface area contributed by atoms with Gasteiger partial charge in [-0.1, -0.05) is 13.8 Å². The highest BCUT2D eigenvalue weighted by Crippen LogP contribution is 2.06. The molecule has 0 aliphatic carbocycles. The fourth-order valence-corrected chi connectivity index (χ4v) is 1.22. The molecule has 0 aliphatic heterocycles. The van der Waals surface area contributed by atoms with Crippen LogP contribution >= 0.6 is 0 Å². The highest BCUT2D eigenvalue weighted by atomic mass is 16.3. The molecule has 2 atom stereocenters. The van der Waals surface area contributed by atoms with Crippen LogP contribution < -0.4 is 5.32 Å². The third-order valence-corrected chi connectivity index (χ3v) is 2.23. The summed E-state index contributed by atoms with van der Waals surface area (Å²) in [6.45, 7) is 9.48. The van der Waals surface area contributed by atoms with Gasteiger partial charge in [0.15, 0.2) is 0 Å². The van der Waals surface area contributed by atoms with Crippen molar-refractivity contribution < 1.29 is 5.11 Å². The zero-order valence-electron chi connectivity index (χ0n) is 9.51. The maximum atomic E-state index is 9.04. The zero-order valence-corrected chi connectivity index (χ0v) is 9.51. The molecule has 0 heterocycles. The number of rotatable bonds is 7. The fraction of sp³-hybridized carbons (Fsp3) is 1.00. The molecule has 0 aromatic heterocycles. The smallest absolute Gasteiger partial charge is 0.0524 e. The van der Waals surface area contributed by atoms with Crippen molar-refractivity contribution in [3.63, 3.8) is 0 Å². The van der Waals surface area contributed by atoms with Gasteiger partial charge in [-0.3, -0.25) is 0 Å². The molecule has 2 N–H and O–H groups in total. The SMILES string of the molecule is CC(C)CC[C@@H](C)NCC[C@@H](C)O. The Balaban J connectivity index is 3.25. The quantitative estimate of drug-likeness (QED) is 0.640. The van der Waals surface area contributed by atoms with E-state index in [2.05, 4.69) is 26.1 Å². The molecule has 0 bridgehead atoms. The summed E-state index contributed by atoms with van der Waals surface area (Å²) in [5, 5.41) is 12.5. The van der Waals surface area contributed by atoms with Crippen LogP contribution in [0.5, 0.6) is 0 Å². The predicted molar refractivity (Wildman–Crippen MR) is 57.8 cm³/mol. The van der Waals surface area contributed by atoms with Crippen molar-refractivity contribution in [2.24, 2.45) is 5.92 Å². The van der Waals surface area contributed by atoms with Crippen LogP contribution in [0.2, 0.25) is 0 Å². The molecule has 0 amide bonds. The van der Waals surface area contributed by atoms with Crippen LogP contribution in [0.25, 0.3) is 0 Å². The molecule has 13 heavy (non-hydrogen) atoms. The van der Waals surface area contributed by atoms with E-state index >= 15 is 0 Å². The second-order valence-corrected chi connectivity index (χ2v) is 4.46. The summed E-state index contributed by atoms with van der Waals surface area (Å²) in [4.78, 5) is 0. The summed E-state index contributed by atoms with van der Waals surface area (Å²) < 4.78 is 0. The average Bonchev–Trinajstić information content (AvgIpc) is 2.00. The maximum Gasteiger partial charge on any atom is 0.0524 e. The number of aliphatic hydroxyl groups is 1. The molecule has 0 radical (unpaired) electrons. The van der Waals surface area contributed by atoms with Gasteiger partial charge >= 0.3 is 0 Å². The molecular formula is C11H25NO. The summed E-state index contributed by atoms with van der Waals surface area (Å²) >= 11 is 0. The fourth-order valence-electron chi connectivity index (χ4n) is 1.22. The van der Waals surface area contributed by atoms with Gasteiger partial charge in [0.2, 0.25) is 0 Å². The summed E-state index contributed by atoms with van der Waals surface area (Å²) in [6.07, 6.45) is 3.19. The van der Waals surface area contributed by atoms with Crippen LogP contribution in [0, 0.1) is 5.92 Å². The Kier molecular flexibility index (Phi) is 7.29. The molecule has 0 unspecified atom stereocenters. The predicted octanol–water partition coefficient (Wildman–Crippen LogP) is 2.17. The van der Waals surface area contributed by atoms with Crippen LogP contribution in [-0.2, 0) is 0 Å². The van der Waals surface area contributed by atoms with Crippen molar-refractivity contribution >= 4 is 0 Å². The monoisotopic (exact) mass is 187 g/mol. The van der Waals surface area contributed by atoms with Gasteiger partial charge in [0.25, 0.3) is 0 Å². The lowest BCUT2D eigenvalue weighted by molar-refractivity contribution is 0.182. The van der Waals surface area contributed by atoms with Gasteiger partial charge < -0.3 is 10.4 Å². The third kappa shape index (κ3) is 9.84. The normalized spacial score (nSPS) is 16.2. The van der Waals surface area contributed by atoms with Crippen molar-refractivity contribution in [3.8, 4) is 0 Å². The molecule has 2 heteroatoms. The van der Waals surface area contributed by atoms with Crippen molar-refractivity contribution in [2.45, 2.75) is 59.1 Å². The van der Waals surface area contributed by atoms with E-state index < -0.39 is 0 Å². The summed E-state index contributed by atoms with van der Waals surface area (Å²) in [6, 6.07) is 0.584. The zero-order chi connectivity index (χ0) is 10.3. The molecule has 0 saturated heterocycles. The minimum absolute atomic E-state index is 0.176. The van der Waals surface area contributed by atoms with Gasteiger partial charge in [0, 0.05) is 6.04 Å². The molecule has 0 spiro atoms. The van der Waals surface area contributed by atoms with Crippen LogP contribution in [0.15, 0.2) is 0 Å². The molecule has 0 rings (SSSR count). The minimum atomic E-state index is -0.176. The topological polar surface area (TPSA) is 32.3 Å². The van der Waals surface area contributed by atoms with Crippen molar-refractivity contribution in [3.05, 3.63) is 0 Å². The number of hydrogen-bond acceptors (Lipinski definition) is 2. The van der Waals surface area contributed by atoms with Crippen molar-refractivity contribution in [2.75, 3.05) is 6.54 Å². The van der Waals surface area contributed by atoms with Crippen molar-refractivity contribution in [1.29, 1.82) is 0 Å². The molecule has 0 aliphatic rings. The second-order valence-electron chi connectivity index (χ2n) is 4.46. The molecular weight excluding hydrogens is 162 g/mol. The second kappa shape index (κ2) is 7.34. The first-order valence-corrected chi connectivity index (χ1v) is 5.43. The van der Waals surface area contributed by atoms with Crippen LogP contribution in [0.4, 0.5) is 0 Å². The third-order valence-electron chi connectivity index (χ3n) is 2.23. The van der Waals surface area contributed by atoms with Gasteiger partial charge in [-0.2, -0.15) is 0 Å². The van der Waals surface area contributed by atoms with E-state index in [-0.39, 0.29) is 6.10 Å². The van der Waals surface area contributed by atoms with E-state index in [4.69, 9.17) is 5.11 Å². The lowest BCUT2D eigenvalue weighted by Gasteiger charge is -2.15. The van der Waals surface area contributed by atoms with E-state index in [0.29, 0.717) is 6.04 Å². The first-order valence-electron chi connectivity index (χ1n) is 5.43. The molecule has 0 aromatic carbocycles. The number of nitrogens with one attached hydrogen (secondary N) is 1. The summed E-state index contributed by atoms with van der Waals surface area (Å²) in [7, 11) is 0. The van der Waals surface area contributed by atoms with Gasteiger partial charge in [0.05, 0.1) is 6.10 Å². The lowest BCUT2D eigenvalue weighted by Crippen LogP contribution is -2.28. The highest BCUT2D eigenvalue weighted by molar-refractivity contribution is 4.62.